The molecule has 2 aromatic heterocycles. The van der Waals surface area contributed by atoms with Gasteiger partial charge in [-0.2, -0.15) is 0 Å². The third kappa shape index (κ3) is 5.39. The summed E-state index contributed by atoms with van der Waals surface area (Å²) < 4.78 is 5.97. The van der Waals surface area contributed by atoms with Crippen molar-refractivity contribution in [1.29, 1.82) is 0 Å². The average Bonchev–Trinajstić information content (AvgIpc) is 2.78. The molecule has 4 rings (SSSR count). The van der Waals surface area contributed by atoms with E-state index in [1.807, 2.05) is 38.2 Å². The molecule has 162 valence electrons. The first-order valence-corrected chi connectivity index (χ1v) is 10.9. The quantitative estimate of drug-likeness (QED) is 0.616. The summed E-state index contributed by atoms with van der Waals surface area (Å²) in [6.45, 7) is 7.74. The highest BCUT2D eigenvalue weighted by Gasteiger charge is 2.34. The van der Waals surface area contributed by atoms with E-state index in [-0.39, 0.29) is 5.41 Å². The van der Waals surface area contributed by atoms with E-state index in [4.69, 9.17) is 9.72 Å². The fraction of sp³-hybridized carbons (Fsp3) is 0.400. The molecule has 1 aromatic carbocycles. The van der Waals surface area contributed by atoms with Crippen molar-refractivity contribution in [2.24, 2.45) is 0 Å². The van der Waals surface area contributed by atoms with Crippen LogP contribution in [0.3, 0.4) is 0 Å². The minimum absolute atomic E-state index is 0.0185. The van der Waals surface area contributed by atoms with Gasteiger partial charge >= 0.3 is 0 Å². The summed E-state index contributed by atoms with van der Waals surface area (Å²) in [4.78, 5) is 16.1. The monoisotopic (exact) mass is 417 g/mol. The first-order valence-electron chi connectivity index (χ1n) is 10.9. The number of nitrogens with one attached hydrogen (secondary N) is 1. The number of piperidine rings is 1. The van der Waals surface area contributed by atoms with Crippen LogP contribution < -0.4 is 10.1 Å². The largest absolute Gasteiger partial charge is 0.487 e. The van der Waals surface area contributed by atoms with E-state index in [0.29, 0.717) is 6.61 Å². The molecule has 1 aliphatic rings. The summed E-state index contributed by atoms with van der Waals surface area (Å²) >= 11 is 0. The average molecular weight is 418 g/mol. The van der Waals surface area contributed by atoms with E-state index in [9.17, 15) is 0 Å². The van der Waals surface area contributed by atoms with Crippen molar-refractivity contribution in [3.63, 3.8) is 0 Å². The lowest BCUT2D eigenvalue weighted by Gasteiger charge is -2.40. The number of aromatic nitrogens is 3. The van der Waals surface area contributed by atoms with Crippen LogP contribution in [0.1, 0.15) is 42.5 Å². The van der Waals surface area contributed by atoms with E-state index in [0.717, 1.165) is 61.3 Å². The Kier molecular flexibility index (Phi) is 6.47. The predicted octanol–water partition coefficient (Wildman–Crippen LogP) is 4.35. The second kappa shape index (κ2) is 9.43. The molecular formula is C25H31N5O. The Morgan fingerprint density at radius 3 is 2.84 bits per heavy atom. The number of hydrogen-bond donors (Lipinski definition) is 1. The molecule has 0 aliphatic carbocycles. The Hall–Kier alpha value is -2.99. The lowest BCUT2D eigenvalue weighted by atomic mass is 9.78. The zero-order chi connectivity index (χ0) is 21.7. The number of aryl methyl sites for hydroxylation is 1. The summed E-state index contributed by atoms with van der Waals surface area (Å²) in [6, 6.07) is 16.4. The van der Waals surface area contributed by atoms with Crippen LogP contribution in [0.4, 0.5) is 5.82 Å². The molecule has 1 fully saturated rings. The van der Waals surface area contributed by atoms with Crippen molar-refractivity contribution in [3.8, 4) is 5.75 Å². The van der Waals surface area contributed by atoms with Crippen LogP contribution in [0.5, 0.6) is 5.75 Å². The Morgan fingerprint density at radius 2 is 2.03 bits per heavy atom. The molecule has 0 saturated carbocycles. The van der Waals surface area contributed by atoms with Gasteiger partial charge in [0, 0.05) is 37.8 Å². The maximum Gasteiger partial charge on any atom is 0.130 e. The summed E-state index contributed by atoms with van der Waals surface area (Å²) in [6.07, 6.45) is 4.09. The van der Waals surface area contributed by atoms with Gasteiger partial charge in [0.2, 0.25) is 0 Å². The molecule has 31 heavy (non-hydrogen) atoms. The van der Waals surface area contributed by atoms with E-state index in [1.165, 1.54) is 5.56 Å². The summed E-state index contributed by atoms with van der Waals surface area (Å²) in [7, 11) is 1.91. The van der Waals surface area contributed by atoms with E-state index < -0.39 is 0 Å². The first-order chi connectivity index (χ1) is 15.0. The Balaban J connectivity index is 1.43. The van der Waals surface area contributed by atoms with Crippen molar-refractivity contribution in [2.75, 3.05) is 25.5 Å². The number of nitrogens with zero attached hydrogens (tertiary/aromatic N) is 4. The lowest BCUT2D eigenvalue weighted by molar-refractivity contribution is 0.147. The third-order valence-corrected chi connectivity index (χ3v) is 5.91. The van der Waals surface area contributed by atoms with Crippen LogP contribution in [0, 0.1) is 6.92 Å². The van der Waals surface area contributed by atoms with Gasteiger partial charge in [-0.1, -0.05) is 25.1 Å². The molecule has 0 amide bonds. The Bertz CT molecular complexity index is 1010. The van der Waals surface area contributed by atoms with E-state index in [2.05, 4.69) is 51.4 Å². The van der Waals surface area contributed by atoms with Crippen molar-refractivity contribution in [3.05, 3.63) is 77.5 Å². The van der Waals surface area contributed by atoms with Gasteiger partial charge in [0.25, 0.3) is 0 Å². The van der Waals surface area contributed by atoms with Gasteiger partial charge in [-0.25, -0.2) is 9.97 Å². The zero-order valence-corrected chi connectivity index (χ0v) is 18.6. The summed E-state index contributed by atoms with van der Waals surface area (Å²) in [5, 5.41) is 3.16. The molecule has 3 heterocycles. The maximum atomic E-state index is 5.97. The fourth-order valence-electron chi connectivity index (χ4n) is 4.33. The van der Waals surface area contributed by atoms with Crippen molar-refractivity contribution < 1.29 is 4.74 Å². The molecule has 1 atom stereocenters. The number of pyridine rings is 1. The number of ether oxygens (including phenoxy) is 1. The second-order valence-electron chi connectivity index (χ2n) is 8.57. The second-order valence-corrected chi connectivity index (χ2v) is 8.57. The third-order valence-electron chi connectivity index (χ3n) is 5.91. The first kappa shape index (κ1) is 21.2. The van der Waals surface area contributed by atoms with Crippen LogP contribution in [0.25, 0.3) is 0 Å². The van der Waals surface area contributed by atoms with Gasteiger partial charge in [0.15, 0.2) is 0 Å². The number of hydrogen-bond acceptors (Lipinski definition) is 6. The van der Waals surface area contributed by atoms with E-state index >= 15 is 0 Å². The van der Waals surface area contributed by atoms with Crippen LogP contribution >= 0.6 is 0 Å². The minimum Gasteiger partial charge on any atom is -0.487 e. The normalized spacial score (nSPS) is 19.2. The molecule has 6 heteroatoms. The van der Waals surface area contributed by atoms with Gasteiger partial charge in [0.05, 0.1) is 11.4 Å². The highest BCUT2D eigenvalue weighted by atomic mass is 16.5. The highest BCUT2D eigenvalue weighted by molar-refractivity contribution is 5.38. The Labute approximate surface area is 184 Å². The lowest BCUT2D eigenvalue weighted by Crippen LogP contribution is -2.44. The molecular weight excluding hydrogens is 386 g/mol. The number of likely N-dealkylation sites (tertiary alicyclic amines) is 1. The van der Waals surface area contributed by atoms with Gasteiger partial charge < -0.3 is 10.1 Å². The number of benzene rings is 1. The topological polar surface area (TPSA) is 63.2 Å². The molecule has 0 spiro atoms. The van der Waals surface area contributed by atoms with Crippen LogP contribution in [0.15, 0.2) is 54.7 Å². The molecule has 0 unspecified atom stereocenters. The summed E-state index contributed by atoms with van der Waals surface area (Å²) in [5.41, 5.74) is 3.34. The molecule has 0 radical (unpaired) electrons. The van der Waals surface area contributed by atoms with Crippen molar-refractivity contribution in [1.82, 2.24) is 19.9 Å². The molecule has 1 N–H and O–H groups in total. The van der Waals surface area contributed by atoms with Crippen LogP contribution in [-0.4, -0.2) is 40.0 Å². The van der Waals surface area contributed by atoms with Gasteiger partial charge in [-0.05, 0) is 56.1 Å². The Morgan fingerprint density at radius 1 is 1.13 bits per heavy atom. The van der Waals surface area contributed by atoms with Crippen LogP contribution in [0.2, 0.25) is 0 Å². The highest BCUT2D eigenvalue weighted by Crippen LogP contribution is 2.34. The zero-order valence-electron chi connectivity index (χ0n) is 18.6. The molecule has 1 aliphatic heterocycles. The van der Waals surface area contributed by atoms with Crippen LogP contribution in [-0.2, 0) is 18.6 Å². The molecule has 0 bridgehead atoms. The molecule has 6 nitrogen and oxygen atoms in total. The summed E-state index contributed by atoms with van der Waals surface area (Å²) in [5.74, 6) is 2.59. The molecule has 1 saturated heterocycles. The molecule has 3 aromatic rings. The minimum atomic E-state index is 0.0185. The predicted molar refractivity (Wildman–Crippen MR) is 123 cm³/mol. The maximum absolute atomic E-state index is 5.97. The SMILES string of the molecule is CNc1cc([C@]2(C)CCCN(Cc3cccc(OCc4ccccn4)c3)C2)nc(C)n1. The fourth-order valence-corrected chi connectivity index (χ4v) is 4.33. The van der Waals surface area contributed by atoms with Crippen molar-refractivity contribution >= 4 is 5.82 Å². The smallest absolute Gasteiger partial charge is 0.130 e. The van der Waals surface area contributed by atoms with Gasteiger partial charge in [-0.15, -0.1) is 0 Å². The van der Waals surface area contributed by atoms with Crippen molar-refractivity contribution in [2.45, 2.75) is 45.3 Å². The number of rotatable bonds is 7. The number of anilines is 1. The van der Waals surface area contributed by atoms with E-state index in [1.54, 1.807) is 6.20 Å². The standard InChI is InChI=1S/C25H31N5O/c1-19-28-23(15-24(26-3)29-19)25(2)11-7-13-30(18-25)16-20-8-6-10-22(14-20)31-17-21-9-4-5-12-27-21/h4-6,8-10,12,14-15H,7,11,13,16-18H2,1-3H3,(H,26,28,29)/t25-/m1/s1. The van der Waals surface area contributed by atoms with Gasteiger partial charge in [-0.3, -0.25) is 9.88 Å². The van der Waals surface area contributed by atoms with Gasteiger partial charge in [0.1, 0.15) is 24.0 Å².